The van der Waals surface area contributed by atoms with Crippen LogP contribution >= 0.6 is 0 Å². The number of anilines is 2. The van der Waals surface area contributed by atoms with Gasteiger partial charge >= 0.3 is 0 Å². The fourth-order valence-electron chi connectivity index (χ4n) is 3.47. The molecule has 1 aromatic heterocycles. The Hall–Kier alpha value is -3.20. The summed E-state index contributed by atoms with van der Waals surface area (Å²) in [6, 6.07) is 6.90. The minimum absolute atomic E-state index is 0.00174. The van der Waals surface area contributed by atoms with Crippen molar-refractivity contribution in [3.63, 3.8) is 0 Å². The number of nitrogens with zero attached hydrogens (tertiary/aromatic N) is 3. The first kappa shape index (κ1) is 19.1. The largest absolute Gasteiger partial charge is 0.378 e. The molecule has 9 nitrogen and oxygen atoms in total. The Balaban J connectivity index is 1.38. The van der Waals surface area contributed by atoms with Gasteiger partial charge in [0.2, 0.25) is 11.8 Å². The van der Waals surface area contributed by atoms with Gasteiger partial charge in [0.15, 0.2) is 5.82 Å². The molecule has 1 fully saturated rings. The fraction of sp³-hybridized carbons (Fsp3) is 0.400. The van der Waals surface area contributed by atoms with Gasteiger partial charge in [-0.1, -0.05) is 0 Å². The number of morpholine rings is 1. The Kier molecular flexibility index (Phi) is 5.57. The Bertz CT molecular complexity index is 933. The number of ether oxygens (including phenoxy) is 1. The van der Waals surface area contributed by atoms with E-state index in [9.17, 15) is 14.4 Å². The quantitative estimate of drug-likeness (QED) is 0.808. The lowest BCUT2D eigenvalue weighted by Gasteiger charge is -2.26. The molecular weight excluding hydrogens is 374 g/mol. The molecule has 1 aromatic carbocycles. The van der Waals surface area contributed by atoms with Crippen LogP contribution in [0.1, 0.15) is 28.8 Å². The fourth-order valence-corrected chi connectivity index (χ4v) is 3.47. The maximum Gasteiger partial charge on any atom is 0.256 e. The van der Waals surface area contributed by atoms with Gasteiger partial charge in [0.25, 0.3) is 5.91 Å². The summed E-state index contributed by atoms with van der Waals surface area (Å²) in [5.74, 6) is 0.0707. The van der Waals surface area contributed by atoms with Crippen LogP contribution in [0.25, 0.3) is 0 Å². The van der Waals surface area contributed by atoms with Crippen molar-refractivity contribution in [3.8, 4) is 0 Å². The van der Waals surface area contributed by atoms with Crippen LogP contribution in [0, 0.1) is 0 Å². The van der Waals surface area contributed by atoms with Gasteiger partial charge in [-0.2, -0.15) is 5.10 Å². The standard InChI is InChI=1S/C20H23N5O4/c26-18-3-1-2-14-12-15(4-5-16(14)21-18)20(28)22-17-6-7-25(23-17)13-19(27)24-8-10-29-11-9-24/h4-7,12H,1-3,8-11,13H2,(H,21,26)(H,22,23,28). The van der Waals surface area contributed by atoms with Crippen molar-refractivity contribution in [2.75, 3.05) is 36.9 Å². The smallest absolute Gasteiger partial charge is 0.256 e. The van der Waals surface area contributed by atoms with Crippen molar-refractivity contribution in [2.24, 2.45) is 0 Å². The number of amides is 3. The van der Waals surface area contributed by atoms with Crippen LogP contribution in [-0.4, -0.2) is 58.7 Å². The normalized spacial score (nSPS) is 16.6. The zero-order valence-corrected chi connectivity index (χ0v) is 16.0. The van der Waals surface area contributed by atoms with Crippen LogP contribution in [0.5, 0.6) is 0 Å². The molecule has 4 rings (SSSR count). The topological polar surface area (TPSA) is 106 Å². The van der Waals surface area contributed by atoms with Crippen molar-refractivity contribution in [2.45, 2.75) is 25.8 Å². The lowest BCUT2D eigenvalue weighted by atomic mass is 10.0. The van der Waals surface area contributed by atoms with Gasteiger partial charge < -0.3 is 20.3 Å². The number of carbonyl (C=O) groups is 3. The summed E-state index contributed by atoms with van der Waals surface area (Å²) in [5.41, 5.74) is 2.21. The summed E-state index contributed by atoms with van der Waals surface area (Å²) in [7, 11) is 0. The van der Waals surface area contributed by atoms with Crippen molar-refractivity contribution in [1.29, 1.82) is 0 Å². The van der Waals surface area contributed by atoms with Crippen molar-refractivity contribution >= 4 is 29.2 Å². The number of fused-ring (bicyclic) bond motifs is 1. The van der Waals surface area contributed by atoms with Gasteiger partial charge in [-0.15, -0.1) is 0 Å². The van der Waals surface area contributed by atoms with Crippen molar-refractivity contribution < 1.29 is 19.1 Å². The number of hydrogen-bond donors (Lipinski definition) is 2. The van der Waals surface area contributed by atoms with Crippen LogP contribution in [-0.2, 0) is 27.3 Å². The first-order valence-electron chi connectivity index (χ1n) is 9.71. The van der Waals surface area contributed by atoms with E-state index in [0.717, 1.165) is 24.1 Å². The molecule has 0 aliphatic carbocycles. The molecule has 152 valence electrons. The van der Waals surface area contributed by atoms with E-state index < -0.39 is 0 Å². The molecule has 29 heavy (non-hydrogen) atoms. The monoisotopic (exact) mass is 397 g/mol. The number of carbonyl (C=O) groups excluding carboxylic acids is 3. The molecule has 0 spiro atoms. The Morgan fingerprint density at radius 2 is 2.00 bits per heavy atom. The number of nitrogens with one attached hydrogen (secondary N) is 2. The number of aryl methyl sites for hydroxylation is 1. The van der Waals surface area contributed by atoms with Crippen LogP contribution in [0.3, 0.4) is 0 Å². The van der Waals surface area contributed by atoms with Gasteiger partial charge in [0.1, 0.15) is 6.54 Å². The number of hydrogen-bond acceptors (Lipinski definition) is 5. The molecule has 0 radical (unpaired) electrons. The summed E-state index contributed by atoms with van der Waals surface area (Å²) in [5, 5.41) is 9.89. The zero-order valence-electron chi connectivity index (χ0n) is 16.0. The van der Waals surface area contributed by atoms with Crippen molar-refractivity contribution in [3.05, 3.63) is 41.6 Å². The highest BCUT2D eigenvalue weighted by atomic mass is 16.5. The molecule has 3 heterocycles. The highest BCUT2D eigenvalue weighted by Crippen LogP contribution is 2.23. The molecule has 0 unspecified atom stereocenters. The maximum atomic E-state index is 12.6. The summed E-state index contributed by atoms with van der Waals surface area (Å²) in [6.45, 7) is 2.40. The van der Waals surface area contributed by atoms with Gasteiger partial charge in [-0.05, 0) is 36.6 Å². The molecule has 3 amide bonds. The first-order chi connectivity index (χ1) is 14.1. The Morgan fingerprint density at radius 3 is 2.83 bits per heavy atom. The maximum absolute atomic E-state index is 12.6. The predicted molar refractivity (Wildman–Crippen MR) is 106 cm³/mol. The average molecular weight is 397 g/mol. The number of aromatic nitrogens is 2. The van der Waals surface area contributed by atoms with E-state index >= 15 is 0 Å². The van der Waals surface area contributed by atoms with E-state index in [1.54, 1.807) is 35.4 Å². The Morgan fingerprint density at radius 1 is 1.17 bits per heavy atom. The van der Waals surface area contributed by atoms with Gasteiger partial charge in [-0.3, -0.25) is 19.1 Å². The summed E-state index contributed by atoms with van der Waals surface area (Å²) in [6.07, 6.45) is 3.65. The molecule has 2 aliphatic heterocycles. The SMILES string of the molecule is O=C1CCCc2cc(C(=O)Nc3ccn(CC(=O)N4CCOCC4)n3)ccc2N1. The van der Waals surface area contributed by atoms with Crippen LogP contribution in [0.2, 0.25) is 0 Å². The third-order valence-corrected chi connectivity index (χ3v) is 5.03. The number of rotatable bonds is 4. The molecule has 2 aliphatic rings. The first-order valence-corrected chi connectivity index (χ1v) is 9.71. The molecule has 0 atom stereocenters. The molecular formula is C20H23N5O4. The summed E-state index contributed by atoms with van der Waals surface area (Å²) in [4.78, 5) is 38.3. The van der Waals surface area contributed by atoms with Crippen molar-refractivity contribution in [1.82, 2.24) is 14.7 Å². The second-order valence-electron chi connectivity index (χ2n) is 7.12. The van der Waals surface area contributed by atoms with E-state index in [2.05, 4.69) is 15.7 Å². The van der Waals surface area contributed by atoms with Gasteiger partial charge in [0.05, 0.1) is 13.2 Å². The van der Waals surface area contributed by atoms with E-state index in [1.165, 1.54) is 4.68 Å². The van der Waals surface area contributed by atoms with E-state index in [1.807, 2.05) is 0 Å². The molecule has 2 N–H and O–H groups in total. The Labute approximate surface area is 168 Å². The van der Waals surface area contributed by atoms with E-state index in [4.69, 9.17) is 4.74 Å². The zero-order chi connectivity index (χ0) is 20.2. The second-order valence-corrected chi connectivity index (χ2v) is 7.12. The van der Waals surface area contributed by atoms with Crippen LogP contribution in [0.15, 0.2) is 30.5 Å². The van der Waals surface area contributed by atoms with Crippen LogP contribution < -0.4 is 10.6 Å². The van der Waals surface area contributed by atoms with E-state index in [0.29, 0.717) is 44.1 Å². The van der Waals surface area contributed by atoms with Gasteiger partial charge in [-0.25, -0.2) is 0 Å². The molecule has 2 aromatic rings. The second kappa shape index (κ2) is 8.44. The number of benzene rings is 1. The molecule has 0 bridgehead atoms. The minimum atomic E-state index is -0.284. The molecule has 9 heteroatoms. The molecule has 0 saturated carbocycles. The lowest BCUT2D eigenvalue weighted by molar-refractivity contribution is -0.136. The average Bonchev–Trinajstić information content (AvgIpc) is 3.06. The third kappa shape index (κ3) is 4.62. The van der Waals surface area contributed by atoms with E-state index in [-0.39, 0.29) is 24.3 Å². The van der Waals surface area contributed by atoms with Gasteiger partial charge in [0, 0.05) is 43.0 Å². The molecule has 1 saturated heterocycles. The summed E-state index contributed by atoms with van der Waals surface area (Å²) < 4.78 is 6.77. The third-order valence-electron chi connectivity index (χ3n) is 5.03. The predicted octanol–water partition coefficient (Wildman–Crippen LogP) is 1.27. The summed E-state index contributed by atoms with van der Waals surface area (Å²) >= 11 is 0. The highest BCUT2D eigenvalue weighted by Gasteiger charge is 2.18. The highest BCUT2D eigenvalue weighted by molar-refractivity contribution is 6.04. The van der Waals surface area contributed by atoms with Crippen LogP contribution in [0.4, 0.5) is 11.5 Å². The minimum Gasteiger partial charge on any atom is -0.378 e. The lowest BCUT2D eigenvalue weighted by Crippen LogP contribution is -2.42.